The largest absolute Gasteiger partial charge is 0.274 e. The molecule has 0 bridgehead atoms. The summed E-state index contributed by atoms with van der Waals surface area (Å²) in [5, 5.41) is 17.7. The Kier molecular flexibility index (Phi) is 3.68. The molecule has 0 saturated carbocycles. The molecule has 0 spiro atoms. The Hall–Kier alpha value is -1.80. The smallest absolute Gasteiger partial charge is 0.197 e. The number of nitriles is 1. The molecule has 18 heavy (non-hydrogen) atoms. The third-order valence-corrected chi connectivity index (χ3v) is 3.45. The highest BCUT2D eigenvalue weighted by Crippen LogP contribution is 2.25. The van der Waals surface area contributed by atoms with Gasteiger partial charge in [0.1, 0.15) is 5.82 Å². The van der Waals surface area contributed by atoms with E-state index >= 15 is 0 Å². The average Bonchev–Trinajstić information content (AvgIpc) is 2.70. The molecule has 0 aliphatic heterocycles. The number of aromatic nitrogens is 3. The summed E-state index contributed by atoms with van der Waals surface area (Å²) in [6, 6.07) is 10.3. The Morgan fingerprint density at radius 2 is 2.11 bits per heavy atom. The standard InChI is InChI=1S/C13H14N4S/c1-9-5-4-6-12(7-9)17-11(3)15-16-13(17)18-10(2)8-14/h4-7,10H,1-3H3. The topological polar surface area (TPSA) is 54.5 Å². The van der Waals surface area contributed by atoms with Crippen molar-refractivity contribution in [1.29, 1.82) is 5.26 Å². The number of benzene rings is 1. The second-order valence-electron chi connectivity index (χ2n) is 4.09. The third-order valence-electron chi connectivity index (χ3n) is 2.52. The van der Waals surface area contributed by atoms with Gasteiger partial charge in [-0.1, -0.05) is 23.9 Å². The first-order valence-electron chi connectivity index (χ1n) is 5.67. The van der Waals surface area contributed by atoms with Gasteiger partial charge in [-0.25, -0.2) is 0 Å². The fourth-order valence-corrected chi connectivity index (χ4v) is 2.47. The summed E-state index contributed by atoms with van der Waals surface area (Å²) in [6.45, 7) is 5.82. The second kappa shape index (κ2) is 5.23. The molecule has 0 saturated heterocycles. The quantitative estimate of drug-likeness (QED) is 0.794. The van der Waals surface area contributed by atoms with Crippen LogP contribution in [-0.2, 0) is 0 Å². The summed E-state index contributed by atoms with van der Waals surface area (Å²) in [6.07, 6.45) is 0. The van der Waals surface area contributed by atoms with Gasteiger partial charge in [-0.05, 0) is 38.5 Å². The molecule has 1 atom stereocenters. The molecule has 0 aliphatic carbocycles. The minimum atomic E-state index is -0.142. The van der Waals surface area contributed by atoms with E-state index in [9.17, 15) is 0 Å². The van der Waals surface area contributed by atoms with Crippen molar-refractivity contribution in [1.82, 2.24) is 14.8 Å². The summed E-state index contributed by atoms with van der Waals surface area (Å²) in [7, 11) is 0. The van der Waals surface area contributed by atoms with E-state index in [4.69, 9.17) is 5.26 Å². The minimum absolute atomic E-state index is 0.142. The SMILES string of the molecule is Cc1cccc(-n2c(C)nnc2SC(C)C#N)c1. The lowest BCUT2D eigenvalue weighted by Crippen LogP contribution is -2.01. The zero-order valence-corrected chi connectivity index (χ0v) is 11.4. The van der Waals surface area contributed by atoms with Crippen molar-refractivity contribution < 1.29 is 0 Å². The first kappa shape index (κ1) is 12.7. The lowest BCUT2D eigenvalue weighted by atomic mass is 10.2. The van der Waals surface area contributed by atoms with Gasteiger partial charge >= 0.3 is 0 Å². The highest BCUT2D eigenvalue weighted by Gasteiger charge is 2.14. The average molecular weight is 258 g/mol. The van der Waals surface area contributed by atoms with Gasteiger partial charge in [-0.2, -0.15) is 5.26 Å². The second-order valence-corrected chi connectivity index (χ2v) is 5.40. The van der Waals surface area contributed by atoms with Crippen LogP contribution in [0.25, 0.3) is 5.69 Å². The normalized spacial score (nSPS) is 12.1. The molecule has 4 nitrogen and oxygen atoms in total. The van der Waals surface area contributed by atoms with Crippen LogP contribution in [0.2, 0.25) is 0 Å². The van der Waals surface area contributed by atoms with E-state index in [1.54, 1.807) is 0 Å². The van der Waals surface area contributed by atoms with Gasteiger partial charge in [0.15, 0.2) is 5.16 Å². The van der Waals surface area contributed by atoms with Gasteiger partial charge in [-0.15, -0.1) is 10.2 Å². The van der Waals surface area contributed by atoms with Crippen LogP contribution in [0, 0.1) is 25.2 Å². The first-order valence-corrected chi connectivity index (χ1v) is 6.55. The van der Waals surface area contributed by atoms with E-state index in [-0.39, 0.29) is 5.25 Å². The Morgan fingerprint density at radius 1 is 1.33 bits per heavy atom. The van der Waals surface area contributed by atoms with Gasteiger partial charge in [0.2, 0.25) is 0 Å². The Morgan fingerprint density at radius 3 is 2.78 bits per heavy atom. The van der Waals surface area contributed by atoms with E-state index in [2.05, 4.69) is 22.3 Å². The fourth-order valence-electron chi connectivity index (χ4n) is 1.67. The fraction of sp³-hybridized carbons (Fsp3) is 0.308. The summed E-state index contributed by atoms with van der Waals surface area (Å²) in [5.74, 6) is 0.827. The summed E-state index contributed by atoms with van der Waals surface area (Å²) >= 11 is 1.42. The van der Waals surface area contributed by atoms with Gasteiger partial charge in [-0.3, -0.25) is 4.57 Å². The molecule has 5 heteroatoms. The molecule has 2 rings (SSSR count). The highest BCUT2D eigenvalue weighted by atomic mass is 32.2. The maximum atomic E-state index is 8.88. The summed E-state index contributed by atoms with van der Waals surface area (Å²) < 4.78 is 1.98. The molecule has 0 aliphatic rings. The van der Waals surface area contributed by atoms with Crippen LogP contribution < -0.4 is 0 Å². The van der Waals surface area contributed by atoms with Crippen molar-refractivity contribution in [3.8, 4) is 11.8 Å². The van der Waals surface area contributed by atoms with E-state index in [1.807, 2.05) is 43.5 Å². The minimum Gasteiger partial charge on any atom is -0.274 e. The van der Waals surface area contributed by atoms with Crippen LogP contribution in [0.5, 0.6) is 0 Å². The number of hydrogen-bond donors (Lipinski definition) is 0. The molecular weight excluding hydrogens is 244 g/mol. The highest BCUT2D eigenvalue weighted by molar-refractivity contribution is 8.00. The van der Waals surface area contributed by atoms with Gasteiger partial charge in [0, 0.05) is 5.69 Å². The number of aryl methyl sites for hydroxylation is 2. The number of hydrogen-bond acceptors (Lipinski definition) is 4. The van der Waals surface area contributed by atoms with Crippen molar-refractivity contribution >= 4 is 11.8 Å². The maximum absolute atomic E-state index is 8.88. The predicted octanol–water partition coefficient (Wildman–Crippen LogP) is 2.89. The molecule has 1 heterocycles. The van der Waals surface area contributed by atoms with Crippen molar-refractivity contribution in [2.24, 2.45) is 0 Å². The van der Waals surface area contributed by atoms with Crippen LogP contribution in [0.15, 0.2) is 29.4 Å². The number of thioether (sulfide) groups is 1. The van der Waals surface area contributed by atoms with Gasteiger partial charge < -0.3 is 0 Å². The van der Waals surface area contributed by atoms with Crippen molar-refractivity contribution in [2.45, 2.75) is 31.2 Å². The van der Waals surface area contributed by atoms with Crippen LogP contribution in [-0.4, -0.2) is 20.0 Å². The van der Waals surface area contributed by atoms with Gasteiger partial charge in [0.25, 0.3) is 0 Å². The molecule has 92 valence electrons. The molecule has 0 amide bonds. The predicted molar refractivity (Wildman–Crippen MR) is 71.8 cm³/mol. The zero-order valence-electron chi connectivity index (χ0n) is 10.6. The molecule has 1 aromatic carbocycles. The molecule has 1 aromatic heterocycles. The van der Waals surface area contributed by atoms with E-state index in [0.29, 0.717) is 0 Å². The lowest BCUT2D eigenvalue weighted by molar-refractivity contribution is 0.865. The molecule has 0 N–H and O–H groups in total. The van der Waals surface area contributed by atoms with Crippen molar-refractivity contribution in [3.63, 3.8) is 0 Å². The van der Waals surface area contributed by atoms with E-state index < -0.39 is 0 Å². The third kappa shape index (κ3) is 2.54. The first-order chi connectivity index (χ1) is 8.61. The molecule has 0 fully saturated rings. The summed E-state index contributed by atoms with van der Waals surface area (Å²) in [5.41, 5.74) is 2.22. The number of rotatable bonds is 3. The molecular formula is C13H14N4S. The molecule has 0 radical (unpaired) electrons. The van der Waals surface area contributed by atoms with E-state index in [0.717, 1.165) is 16.7 Å². The van der Waals surface area contributed by atoms with Crippen LogP contribution in [0.4, 0.5) is 0 Å². The zero-order chi connectivity index (χ0) is 13.1. The molecule has 2 aromatic rings. The van der Waals surface area contributed by atoms with Crippen LogP contribution in [0.3, 0.4) is 0 Å². The Labute approximate surface area is 111 Å². The van der Waals surface area contributed by atoms with Crippen LogP contribution >= 0.6 is 11.8 Å². The Balaban J connectivity index is 2.44. The number of nitrogens with zero attached hydrogens (tertiary/aromatic N) is 4. The van der Waals surface area contributed by atoms with E-state index in [1.165, 1.54) is 17.3 Å². The van der Waals surface area contributed by atoms with Crippen molar-refractivity contribution in [3.05, 3.63) is 35.7 Å². The Bertz CT molecular complexity index is 597. The monoisotopic (exact) mass is 258 g/mol. The van der Waals surface area contributed by atoms with Gasteiger partial charge in [0.05, 0.1) is 11.3 Å². The summed E-state index contributed by atoms with van der Waals surface area (Å²) in [4.78, 5) is 0. The maximum Gasteiger partial charge on any atom is 0.197 e. The van der Waals surface area contributed by atoms with Crippen LogP contribution in [0.1, 0.15) is 18.3 Å². The lowest BCUT2D eigenvalue weighted by Gasteiger charge is -2.09. The molecule has 1 unspecified atom stereocenters. The van der Waals surface area contributed by atoms with Crippen molar-refractivity contribution in [2.75, 3.05) is 0 Å².